The molecule has 0 saturated carbocycles. The molecule has 0 heterocycles. The Labute approximate surface area is 98.8 Å². The summed E-state index contributed by atoms with van der Waals surface area (Å²) < 4.78 is 10.4. The van der Waals surface area contributed by atoms with Crippen LogP contribution >= 0.6 is 15.9 Å². The van der Waals surface area contributed by atoms with Gasteiger partial charge in [0.1, 0.15) is 0 Å². The summed E-state index contributed by atoms with van der Waals surface area (Å²) in [7, 11) is 0. The summed E-state index contributed by atoms with van der Waals surface area (Å²) in [5, 5.41) is 2.99. The van der Waals surface area contributed by atoms with Crippen LogP contribution in [0.5, 0.6) is 0 Å². The van der Waals surface area contributed by atoms with Crippen molar-refractivity contribution in [1.82, 2.24) is 5.32 Å². The van der Waals surface area contributed by atoms with Crippen LogP contribution in [0.25, 0.3) is 0 Å². The average Bonchev–Trinajstić information content (AvgIpc) is 2.26. The van der Waals surface area contributed by atoms with E-state index in [9.17, 15) is 4.79 Å². The van der Waals surface area contributed by atoms with Gasteiger partial charge in [-0.3, -0.25) is 4.79 Å². The van der Waals surface area contributed by atoms with Crippen molar-refractivity contribution in [2.75, 3.05) is 38.3 Å². The first-order chi connectivity index (χ1) is 7.31. The molecule has 0 aromatic rings. The smallest absolute Gasteiger partial charge is 0.230 e. The third-order valence-electron chi connectivity index (χ3n) is 1.45. The van der Waals surface area contributed by atoms with Crippen LogP contribution in [0.4, 0.5) is 0 Å². The van der Waals surface area contributed by atoms with E-state index in [0.29, 0.717) is 44.7 Å². The molecule has 0 aromatic carbocycles. The molecule has 1 N–H and O–H groups in total. The summed E-state index contributed by atoms with van der Waals surface area (Å²) in [5.74, 6) is 2.44. The molecule has 0 aromatic heterocycles. The highest BCUT2D eigenvalue weighted by molar-refractivity contribution is 9.09. The van der Waals surface area contributed by atoms with E-state index < -0.39 is 0 Å². The summed E-state index contributed by atoms with van der Waals surface area (Å²) in [6, 6.07) is 0. The van der Waals surface area contributed by atoms with Gasteiger partial charge >= 0.3 is 0 Å². The monoisotopic (exact) mass is 277 g/mol. The van der Waals surface area contributed by atoms with E-state index in [1.165, 1.54) is 0 Å². The maximum atomic E-state index is 10.8. The second-order valence-corrected chi connectivity index (χ2v) is 3.22. The van der Waals surface area contributed by atoms with Crippen LogP contribution in [0.3, 0.4) is 0 Å². The molecule has 0 aliphatic carbocycles. The molecule has 15 heavy (non-hydrogen) atoms. The van der Waals surface area contributed by atoms with Gasteiger partial charge in [-0.05, 0) is 0 Å². The van der Waals surface area contributed by atoms with Crippen molar-refractivity contribution in [3.05, 3.63) is 0 Å². The van der Waals surface area contributed by atoms with Crippen LogP contribution < -0.4 is 5.32 Å². The topological polar surface area (TPSA) is 47.6 Å². The Bertz CT molecular complexity index is 203. The Hall–Kier alpha value is -0.570. The summed E-state index contributed by atoms with van der Waals surface area (Å²) in [6.07, 6.45) is 5.67. The van der Waals surface area contributed by atoms with Gasteiger partial charge in [-0.1, -0.05) is 15.9 Å². The number of rotatable bonds is 9. The van der Waals surface area contributed by atoms with Crippen LogP contribution in [0.1, 0.15) is 6.42 Å². The van der Waals surface area contributed by atoms with Crippen LogP contribution in [0.2, 0.25) is 0 Å². The Morgan fingerprint density at radius 1 is 1.27 bits per heavy atom. The highest BCUT2D eigenvalue weighted by Gasteiger charge is 1.95. The zero-order valence-corrected chi connectivity index (χ0v) is 10.2. The summed E-state index contributed by atoms with van der Waals surface area (Å²) in [5.41, 5.74) is 0. The number of nitrogens with one attached hydrogen (secondary N) is 1. The maximum absolute atomic E-state index is 10.8. The number of hydrogen-bond donors (Lipinski definition) is 1. The lowest BCUT2D eigenvalue weighted by molar-refractivity contribution is -0.118. The number of terminal acetylenes is 1. The minimum atomic E-state index is -0.0381. The standard InChI is InChI=1S/C10H16BrNO3/c1-2-3-5-14-7-8-15-6-4-12-10(13)9-11/h1H,3-9H2,(H,12,13). The van der Waals surface area contributed by atoms with Crippen molar-refractivity contribution in [1.29, 1.82) is 0 Å². The van der Waals surface area contributed by atoms with E-state index in [1.807, 2.05) is 0 Å². The van der Waals surface area contributed by atoms with E-state index >= 15 is 0 Å². The molecule has 1 amide bonds. The fourth-order valence-corrected chi connectivity index (χ4v) is 0.961. The van der Waals surface area contributed by atoms with Gasteiger partial charge in [0.25, 0.3) is 0 Å². The largest absolute Gasteiger partial charge is 0.378 e. The molecular formula is C10H16BrNO3. The molecule has 0 saturated heterocycles. The van der Waals surface area contributed by atoms with E-state index in [1.54, 1.807) is 0 Å². The number of halogens is 1. The molecule has 86 valence electrons. The SMILES string of the molecule is C#CCCOCCOCCNC(=O)CBr. The Balaban J connectivity index is 2.99. The third kappa shape index (κ3) is 11.4. The van der Waals surface area contributed by atoms with Crippen molar-refractivity contribution < 1.29 is 14.3 Å². The first kappa shape index (κ1) is 14.4. The second-order valence-electron chi connectivity index (χ2n) is 2.66. The number of amides is 1. The van der Waals surface area contributed by atoms with Gasteiger partial charge in [0.15, 0.2) is 0 Å². The highest BCUT2D eigenvalue weighted by atomic mass is 79.9. The van der Waals surface area contributed by atoms with E-state index in [-0.39, 0.29) is 5.91 Å². The van der Waals surface area contributed by atoms with E-state index in [2.05, 4.69) is 27.2 Å². The van der Waals surface area contributed by atoms with Gasteiger partial charge in [0, 0.05) is 13.0 Å². The van der Waals surface area contributed by atoms with Gasteiger partial charge in [-0.2, -0.15) is 0 Å². The summed E-state index contributed by atoms with van der Waals surface area (Å²) in [6.45, 7) is 2.65. The molecule has 0 aliphatic rings. The zero-order chi connectivity index (χ0) is 11.4. The first-order valence-corrected chi connectivity index (χ1v) is 5.85. The molecular weight excluding hydrogens is 262 g/mol. The van der Waals surface area contributed by atoms with Crippen molar-refractivity contribution in [2.24, 2.45) is 0 Å². The van der Waals surface area contributed by atoms with Crippen LogP contribution in [0.15, 0.2) is 0 Å². The molecule has 0 atom stereocenters. The predicted molar refractivity (Wildman–Crippen MR) is 61.9 cm³/mol. The fraction of sp³-hybridized carbons (Fsp3) is 0.700. The molecule has 0 unspecified atom stereocenters. The Morgan fingerprint density at radius 3 is 2.53 bits per heavy atom. The number of ether oxygens (including phenoxy) is 2. The van der Waals surface area contributed by atoms with Crippen LogP contribution in [-0.2, 0) is 14.3 Å². The van der Waals surface area contributed by atoms with Gasteiger partial charge in [-0.25, -0.2) is 0 Å². The van der Waals surface area contributed by atoms with Crippen LogP contribution in [0, 0.1) is 12.3 Å². The molecule has 0 aliphatic heterocycles. The minimum Gasteiger partial charge on any atom is -0.378 e. The maximum Gasteiger partial charge on any atom is 0.230 e. The average molecular weight is 278 g/mol. The van der Waals surface area contributed by atoms with Crippen molar-refractivity contribution in [3.8, 4) is 12.3 Å². The predicted octanol–water partition coefficient (Wildman–Crippen LogP) is 0.554. The molecule has 5 heteroatoms. The highest BCUT2D eigenvalue weighted by Crippen LogP contribution is 1.82. The number of carbonyl (C=O) groups is 1. The molecule has 0 rings (SSSR count). The number of carbonyl (C=O) groups excluding carboxylic acids is 1. The van der Waals surface area contributed by atoms with E-state index in [4.69, 9.17) is 15.9 Å². The Kier molecular flexibility index (Phi) is 11.1. The Morgan fingerprint density at radius 2 is 1.93 bits per heavy atom. The normalized spacial score (nSPS) is 9.60. The second kappa shape index (κ2) is 11.5. The quantitative estimate of drug-likeness (QED) is 0.381. The van der Waals surface area contributed by atoms with Gasteiger partial charge < -0.3 is 14.8 Å². The van der Waals surface area contributed by atoms with E-state index in [0.717, 1.165) is 0 Å². The molecule has 0 spiro atoms. The van der Waals surface area contributed by atoms with Gasteiger partial charge in [0.2, 0.25) is 5.91 Å². The number of hydrogen-bond acceptors (Lipinski definition) is 3. The van der Waals surface area contributed by atoms with Gasteiger partial charge in [0.05, 0.1) is 31.8 Å². The molecule has 0 fully saturated rings. The zero-order valence-electron chi connectivity index (χ0n) is 8.63. The lowest BCUT2D eigenvalue weighted by atomic mass is 10.5. The van der Waals surface area contributed by atoms with Crippen molar-refractivity contribution >= 4 is 21.8 Å². The van der Waals surface area contributed by atoms with Crippen molar-refractivity contribution in [3.63, 3.8) is 0 Å². The summed E-state index contributed by atoms with van der Waals surface area (Å²) in [4.78, 5) is 10.8. The molecule has 0 radical (unpaired) electrons. The lowest BCUT2D eigenvalue weighted by Crippen LogP contribution is -2.28. The first-order valence-electron chi connectivity index (χ1n) is 4.73. The third-order valence-corrected chi connectivity index (χ3v) is 1.96. The van der Waals surface area contributed by atoms with Crippen molar-refractivity contribution in [2.45, 2.75) is 6.42 Å². The van der Waals surface area contributed by atoms with Gasteiger partial charge in [-0.15, -0.1) is 12.3 Å². The van der Waals surface area contributed by atoms with Crippen LogP contribution in [-0.4, -0.2) is 44.2 Å². The molecule has 0 bridgehead atoms. The lowest BCUT2D eigenvalue weighted by Gasteiger charge is -2.05. The summed E-state index contributed by atoms with van der Waals surface area (Å²) >= 11 is 3.04. The fourth-order valence-electron chi connectivity index (χ4n) is 0.763. The minimum absolute atomic E-state index is 0.0381. The number of alkyl halides is 1. The molecule has 4 nitrogen and oxygen atoms in total.